The first-order valence-electron chi connectivity index (χ1n) is 7.38. The van der Waals surface area contributed by atoms with Crippen LogP contribution in [0.4, 0.5) is 0 Å². The van der Waals surface area contributed by atoms with Crippen LogP contribution in [0.2, 0.25) is 0 Å². The number of nitrogens with zero attached hydrogens (tertiary/aromatic N) is 1. The van der Waals surface area contributed by atoms with E-state index in [0.717, 1.165) is 5.56 Å². The SMILES string of the molecule is O=C(Cn1cccc1)OC(Oc1ccccc1)c1ccccc1. The molecular formula is C19H17NO3. The smallest absolute Gasteiger partial charge is 0.329 e. The van der Waals surface area contributed by atoms with Gasteiger partial charge in [-0.1, -0.05) is 48.5 Å². The van der Waals surface area contributed by atoms with Crippen molar-refractivity contribution in [2.45, 2.75) is 12.8 Å². The lowest BCUT2D eigenvalue weighted by molar-refractivity contribution is -0.165. The van der Waals surface area contributed by atoms with Gasteiger partial charge in [-0.25, -0.2) is 4.79 Å². The van der Waals surface area contributed by atoms with E-state index in [1.54, 1.807) is 4.57 Å². The number of benzene rings is 2. The molecule has 1 atom stereocenters. The van der Waals surface area contributed by atoms with Gasteiger partial charge in [-0.05, 0) is 24.3 Å². The Morgan fingerprint density at radius 2 is 1.48 bits per heavy atom. The Bertz CT molecular complexity index is 724. The lowest BCUT2D eigenvalue weighted by Gasteiger charge is -2.20. The van der Waals surface area contributed by atoms with Crippen LogP contribution >= 0.6 is 0 Å². The lowest BCUT2D eigenvalue weighted by Crippen LogP contribution is -2.20. The molecule has 23 heavy (non-hydrogen) atoms. The highest BCUT2D eigenvalue weighted by atomic mass is 16.7. The molecule has 116 valence electrons. The van der Waals surface area contributed by atoms with Gasteiger partial charge in [0.25, 0.3) is 6.29 Å². The van der Waals surface area contributed by atoms with Crippen molar-refractivity contribution in [2.24, 2.45) is 0 Å². The van der Waals surface area contributed by atoms with Crippen LogP contribution in [-0.2, 0) is 16.1 Å². The van der Waals surface area contributed by atoms with Crippen LogP contribution in [-0.4, -0.2) is 10.5 Å². The number of para-hydroxylation sites is 1. The van der Waals surface area contributed by atoms with Crippen molar-refractivity contribution in [2.75, 3.05) is 0 Å². The second-order valence-corrected chi connectivity index (χ2v) is 5.02. The molecule has 1 unspecified atom stereocenters. The molecule has 4 heteroatoms. The fourth-order valence-electron chi connectivity index (χ4n) is 2.17. The largest absolute Gasteiger partial charge is 0.450 e. The minimum absolute atomic E-state index is 0.147. The van der Waals surface area contributed by atoms with Gasteiger partial charge in [-0.3, -0.25) is 0 Å². The first kappa shape index (κ1) is 14.9. The predicted molar refractivity (Wildman–Crippen MR) is 86.8 cm³/mol. The molecule has 0 fully saturated rings. The summed E-state index contributed by atoms with van der Waals surface area (Å²) in [4.78, 5) is 12.2. The van der Waals surface area contributed by atoms with Gasteiger partial charge in [-0.15, -0.1) is 0 Å². The van der Waals surface area contributed by atoms with Gasteiger partial charge >= 0.3 is 5.97 Å². The summed E-state index contributed by atoms with van der Waals surface area (Å²) < 4.78 is 13.1. The van der Waals surface area contributed by atoms with E-state index in [4.69, 9.17) is 9.47 Å². The summed E-state index contributed by atoms with van der Waals surface area (Å²) >= 11 is 0. The standard InChI is InChI=1S/C19H17NO3/c21-18(15-20-13-7-8-14-20)23-19(16-9-3-1-4-10-16)22-17-11-5-2-6-12-17/h1-14,19H,15H2. The summed E-state index contributed by atoms with van der Waals surface area (Å²) in [5, 5.41) is 0. The lowest BCUT2D eigenvalue weighted by atomic mass is 10.2. The molecule has 0 N–H and O–H groups in total. The molecule has 1 heterocycles. The highest BCUT2D eigenvalue weighted by molar-refractivity contribution is 5.69. The Morgan fingerprint density at radius 3 is 2.13 bits per heavy atom. The van der Waals surface area contributed by atoms with Crippen molar-refractivity contribution >= 4 is 5.97 Å². The Morgan fingerprint density at radius 1 is 0.870 bits per heavy atom. The molecule has 0 saturated carbocycles. The molecule has 0 aliphatic rings. The first-order valence-corrected chi connectivity index (χ1v) is 7.38. The monoisotopic (exact) mass is 307 g/mol. The van der Waals surface area contributed by atoms with Crippen LogP contribution in [0.5, 0.6) is 5.75 Å². The minimum atomic E-state index is -0.776. The number of carbonyl (C=O) groups is 1. The van der Waals surface area contributed by atoms with E-state index in [0.29, 0.717) is 5.75 Å². The zero-order chi connectivity index (χ0) is 15.9. The van der Waals surface area contributed by atoms with E-state index in [9.17, 15) is 4.79 Å². The topological polar surface area (TPSA) is 40.5 Å². The van der Waals surface area contributed by atoms with Crippen molar-refractivity contribution in [3.8, 4) is 5.75 Å². The minimum Gasteiger partial charge on any atom is -0.450 e. The van der Waals surface area contributed by atoms with Crippen LogP contribution in [0.25, 0.3) is 0 Å². The van der Waals surface area contributed by atoms with Gasteiger partial charge in [0, 0.05) is 18.0 Å². The summed E-state index contributed by atoms with van der Waals surface area (Å²) in [6, 6.07) is 22.5. The summed E-state index contributed by atoms with van der Waals surface area (Å²) in [5.74, 6) is 0.293. The van der Waals surface area contributed by atoms with E-state index >= 15 is 0 Å². The van der Waals surface area contributed by atoms with Crippen molar-refractivity contribution in [1.82, 2.24) is 4.57 Å². The molecular weight excluding hydrogens is 290 g/mol. The van der Waals surface area contributed by atoms with Gasteiger partial charge in [0.1, 0.15) is 12.3 Å². The number of aromatic nitrogens is 1. The third-order valence-corrected chi connectivity index (χ3v) is 3.27. The van der Waals surface area contributed by atoms with Gasteiger partial charge < -0.3 is 14.0 Å². The summed E-state index contributed by atoms with van der Waals surface area (Å²) in [6.45, 7) is 0.147. The average Bonchev–Trinajstić information content (AvgIpc) is 3.09. The fourth-order valence-corrected chi connectivity index (χ4v) is 2.17. The fraction of sp³-hybridized carbons (Fsp3) is 0.105. The van der Waals surface area contributed by atoms with Crippen LogP contribution < -0.4 is 4.74 Å². The maximum absolute atomic E-state index is 12.2. The molecule has 0 radical (unpaired) electrons. The zero-order valence-electron chi connectivity index (χ0n) is 12.5. The van der Waals surface area contributed by atoms with Crippen LogP contribution in [0, 0.1) is 0 Å². The van der Waals surface area contributed by atoms with E-state index in [2.05, 4.69) is 0 Å². The Balaban J connectivity index is 1.73. The predicted octanol–water partition coefficient (Wildman–Crippen LogP) is 3.81. The van der Waals surface area contributed by atoms with Crippen molar-refractivity contribution in [3.05, 3.63) is 90.8 Å². The van der Waals surface area contributed by atoms with Gasteiger partial charge in [0.2, 0.25) is 0 Å². The Labute approximate surface area is 134 Å². The second kappa shape index (κ2) is 7.31. The highest BCUT2D eigenvalue weighted by Gasteiger charge is 2.18. The molecule has 0 saturated heterocycles. The maximum Gasteiger partial charge on any atom is 0.329 e. The molecule has 2 aromatic carbocycles. The summed E-state index contributed by atoms with van der Waals surface area (Å²) in [6.07, 6.45) is 2.86. The molecule has 4 nitrogen and oxygen atoms in total. The van der Waals surface area contributed by atoms with Crippen LogP contribution in [0.1, 0.15) is 11.9 Å². The van der Waals surface area contributed by atoms with E-state index < -0.39 is 6.29 Å². The molecule has 3 aromatic rings. The van der Waals surface area contributed by atoms with E-state index in [-0.39, 0.29) is 12.5 Å². The number of carbonyl (C=O) groups excluding carboxylic acids is 1. The number of hydrogen-bond acceptors (Lipinski definition) is 3. The van der Waals surface area contributed by atoms with Crippen molar-refractivity contribution < 1.29 is 14.3 Å². The summed E-state index contributed by atoms with van der Waals surface area (Å²) in [7, 11) is 0. The van der Waals surface area contributed by atoms with Gasteiger partial charge in [0.05, 0.1) is 0 Å². The number of ether oxygens (including phenoxy) is 2. The van der Waals surface area contributed by atoms with E-state index in [1.807, 2.05) is 85.2 Å². The number of hydrogen-bond donors (Lipinski definition) is 0. The molecule has 0 spiro atoms. The van der Waals surface area contributed by atoms with Gasteiger partial charge in [0.15, 0.2) is 0 Å². The van der Waals surface area contributed by atoms with E-state index in [1.165, 1.54) is 0 Å². The summed E-state index contributed by atoms with van der Waals surface area (Å²) in [5.41, 5.74) is 0.789. The quantitative estimate of drug-likeness (QED) is 0.513. The normalized spacial score (nSPS) is 11.7. The Hall–Kier alpha value is -3.01. The average molecular weight is 307 g/mol. The third-order valence-electron chi connectivity index (χ3n) is 3.27. The third kappa shape index (κ3) is 4.23. The number of rotatable bonds is 6. The Kier molecular flexibility index (Phi) is 4.74. The first-order chi connectivity index (χ1) is 11.3. The molecule has 3 rings (SSSR count). The van der Waals surface area contributed by atoms with Gasteiger partial charge in [-0.2, -0.15) is 0 Å². The molecule has 0 bridgehead atoms. The van der Waals surface area contributed by atoms with Crippen molar-refractivity contribution in [3.63, 3.8) is 0 Å². The van der Waals surface area contributed by atoms with Crippen LogP contribution in [0.3, 0.4) is 0 Å². The highest BCUT2D eigenvalue weighted by Crippen LogP contribution is 2.23. The molecule has 0 aliphatic heterocycles. The van der Waals surface area contributed by atoms with Crippen molar-refractivity contribution in [1.29, 1.82) is 0 Å². The van der Waals surface area contributed by atoms with Crippen LogP contribution in [0.15, 0.2) is 85.2 Å². The zero-order valence-corrected chi connectivity index (χ0v) is 12.5. The molecule has 1 aromatic heterocycles. The molecule has 0 aliphatic carbocycles. The molecule has 0 amide bonds. The second-order valence-electron chi connectivity index (χ2n) is 5.02. The number of esters is 1. The maximum atomic E-state index is 12.2.